The smallest absolute Gasteiger partial charge is 0.225 e. The van der Waals surface area contributed by atoms with Crippen molar-refractivity contribution in [1.82, 2.24) is 24.4 Å². The average molecular weight is 340 g/mol. The minimum atomic E-state index is 0.177. The van der Waals surface area contributed by atoms with E-state index in [1.807, 2.05) is 6.33 Å². The second-order valence-electron chi connectivity index (χ2n) is 7.55. The normalized spacial score (nSPS) is 22.1. The maximum Gasteiger partial charge on any atom is 0.225 e. The number of likely N-dealkylation sites (tertiary alicyclic amines) is 1. The highest BCUT2D eigenvalue weighted by atomic mass is 16.2. The first-order valence-electron chi connectivity index (χ1n) is 9.52. The molecule has 2 aliphatic heterocycles. The van der Waals surface area contributed by atoms with Crippen LogP contribution >= 0.6 is 0 Å². The van der Waals surface area contributed by atoms with Crippen LogP contribution in [0.25, 0.3) is 11.2 Å². The maximum atomic E-state index is 12.6. The molecule has 7 heteroatoms. The molecule has 1 saturated carbocycles. The summed E-state index contributed by atoms with van der Waals surface area (Å²) in [6, 6.07) is 0.566. The van der Waals surface area contributed by atoms with Crippen molar-refractivity contribution in [2.75, 3.05) is 31.1 Å². The molecule has 3 aliphatic rings. The van der Waals surface area contributed by atoms with Crippen LogP contribution in [-0.4, -0.2) is 56.5 Å². The lowest BCUT2D eigenvalue weighted by Gasteiger charge is -2.33. The van der Waals surface area contributed by atoms with Crippen LogP contribution in [0.5, 0.6) is 0 Å². The van der Waals surface area contributed by atoms with Gasteiger partial charge >= 0.3 is 0 Å². The van der Waals surface area contributed by atoms with Crippen LogP contribution in [0.15, 0.2) is 12.7 Å². The van der Waals surface area contributed by atoms with Crippen LogP contribution in [0, 0.1) is 5.92 Å². The fraction of sp³-hybridized carbons (Fsp3) is 0.667. The minimum Gasteiger partial charge on any atom is -0.355 e. The molecule has 7 nitrogen and oxygen atoms in total. The molecule has 5 rings (SSSR count). The van der Waals surface area contributed by atoms with Crippen molar-refractivity contribution in [2.24, 2.45) is 5.92 Å². The second-order valence-corrected chi connectivity index (χ2v) is 7.55. The van der Waals surface area contributed by atoms with Crippen LogP contribution in [-0.2, 0) is 4.79 Å². The SMILES string of the molecule is O=C(C1CCN(c2ncnc3c2ncn3C2CC2)CC1)N1CCCC1. The molecule has 0 N–H and O–H groups in total. The molecule has 1 aliphatic carbocycles. The van der Waals surface area contributed by atoms with E-state index in [-0.39, 0.29) is 5.92 Å². The molecule has 0 radical (unpaired) electrons. The third-order valence-corrected chi connectivity index (χ3v) is 5.84. The first-order valence-corrected chi connectivity index (χ1v) is 9.52. The Balaban J connectivity index is 1.32. The summed E-state index contributed by atoms with van der Waals surface area (Å²) in [6.07, 6.45) is 10.1. The Labute approximate surface area is 147 Å². The van der Waals surface area contributed by atoms with Crippen molar-refractivity contribution in [1.29, 1.82) is 0 Å². The Morgan fingerprint density at radius 2 is 1.72 bits per heavy atom. The molecule has 2 saturated heterocycles. The van der Waals surface area contributed by atoms with Gasteiger partial charge in [-0.05, 0) is 38.5 Å². The summed E-state index contributed by atoms with van der Waals surface area (Å²) >= 11 is 0. The zero-order valence-corrected chi connectivity index (χ0v) is 14.5. The standard InChI is InChI=1S/C18H24N6O/c25-18(23-7-1-2-8-23)13-5-9-22(10-6-13)16-15-17(20-11-19-16)24(12-21-15)14-3-4-14/h11-14H,1-10H2. The lowest BCUT2D eigenvalue weighted by atomic mass is 9.95. The number of fused-ring (bicyclic) bond motifs is 1. The fourth-order valence-electron chi connectivity index (χ4n) is 4.22. The molecule has 0 atom stereocenters. The number of nitrogens with zero attached hydrogens (tertiary/aromatic N) is 6. The first kappa shape index (κ1) is 15.1. The summed E-state index contributed by atoms with van der Waals surface area (Å²) in [7, 11) is 0. The van der Waals surface area contributed by atoms with E-state index < -0.39 is 0 Å². The number of amides is 1. The van der Waals surface area contributed by atoms with E-state index in [1.165, 1.54) is 12.8 Å². The van der Waals surface area contributed by atoms with Gasteiger partial charge in [-0.3, -0.25) is 4.79 Å². The number of piperidine rings is 1. The molecule has 2 aromatic rings. The number of carbonyl (C=O) groups excluding carboxylic acids is 1. The second kappa shape index (κ2) is 5.97. The summed E-state index contributed by atoms with van der Waals surface area (Å²) < 4.78 is 2.18. The van der Waals surface area contributed by atoms with Crippen molar-refractivity contribution in [3.05, 3.63) is 12.7 Å². The van der Waals surface area contributed by atoms with Gasteiger partial charge in [0.2, 0.25) is 5.91 Å². The summed E-state index contributed by atoms with van der Waals surface area (Å²) in [5.41, 5.74) is 1.85. The highest BCUT2D eigenvalue weighted by Crippen LogP contribution is 2.37. The molecule has 132 valence electrons. The van der Waals surface area contributed by atoms with Crippen LogP contribution in [0.2, 0.25) is 0 Å². The van der Waals surface area contributed by atoms with Crippen LogP contribution < -0.4 is 4.90 Å². The van der Waals surface area contributed by atoms with Crippen molar-refractivity contribution < 1.29 is 4.79 Å². The largest absolute Gasteiger partial charge is 0.355 e. The van der Waals surface area contributed by atoms with Crippen LogP contribution in [0.1, 0.15) is 44.6 Å². The van der Waals surface area contributed by atoms with E-state index in [4.69, 9.17) is 0 Å². The fourth-order valence-corrected chi connectivity index (χ4v) is 4.22. The lowest BCUT2D eigenvalue weighted by molar-refractivity contribution is -0.135. The molecule has 0 aromatic carbocycles. The number of aromatic nitrogens is 4. The van der Waals surface area contributed by atoms with Crippen molar-refractivity contribution in [3.63, 3.8) is 0 Å². The van der Waals surface area contributed by atoms with Crippen molar-refractivity contribution >= 4 is 22.9 Å². The average Bonchev–Trinajstić information content (AvgIpc) is 3.19. The summed E-state index contributed by atoms with van der Waals surface area (Å²) in [6.45, 7) is 3.63. The minimum absolute atomic E-state index is 0.177. The lowest BCUT2D eigenvalue weighted by Crippen LogP contribution is -2.42. The molecule has 0 bridgehead atoms. The number of imidazole rings is 1. The third kappa shape index (κ3) is 2.65. The van der Waals surface area contributed by atoms with Gasteiger partial charge in [-0.2, -0.15) is 0 Å². The topological polar surface area (TPSA) is 67.2 Å². The molecule has 4 heterocycles. The Kier molecular flexibility index (Phi) is 3.60. The first-order chi connectivity index (χ1) is 12.3. The van der Waals surface area contributed by atoms with Gasteiger partial charge in [-0.25, -0.2) is 15.0 Å². The van der Waals surface area contributed by atoms with Gasteiger partial charge in [0.05, 0.1) is 6.33 Å². The summed E-state index contributed by atoms with van der Waals surface area (Å²) in [4.78, 5) is 30.5. The number of hydrogen-bond donors (Lipinski definition) is 0. The van der Waals surface area contributed by atoms with Crippen molar-refractivity contribution in [2.45, 2.75) is 44.6 Å². The summed E-state index contributed by atoms with van der Waals surface area (Å²) in [5.74, 6) is 1.47. The molecule has 3 fully saturated rings. The van der Waals surface area contributed by atoms with Crippen LogP contribution in [0.3, 0.4) is 0 Å². The summed E-state index contributed by atoms with van der Waals surface area (Å²) in [5, 5.41) is 0. The Hall–Kier alpha value is -2.18. The predicted molar refractivity (Wildman–Crippen MR) is 94.3 cm³/mol. The van der Waals surface area contributed by atoms with Gasteiger partial charge in [-0.1, -0.05) is 0 Å². The third-order valence-electron chi connectivity index (χ3n) is 5.84. The number of hydrogen-bond acceptors (Lipinski definition) is 5. The van der Waals surface area contributed by atoms with Gasteiger partial charge in [-0.15, -0.1) is 0 Å². The van der Waals surface area contributed by atoms with E-state index in [9.17, 15) is 4.79 Å². The maximum absolute atomic E-state index is 12.6. The van der Waals surface area contributed by atoms with E-state index in [2.05, 4.69) is 29.3 Å². The predicted octanol–water partition coefficient (Wildman–Crippen LogP) is 2.00. The van der Waals surface area contributed by atoms with E-state index in [0.29, 0.717) is 11.9 Å². The van der Waals surface area contributed by atoms with E-state index >= 15 is 0 Å². The number of carbonyl (C=O) groups is 1. The molecule has 0 spiro atoms. The van der Waals surface area contributed by atoms with Crippen molar-refractivity contribution in [3.8, 4) is 0 Å². The van der Waals surface area contributed by atoms with Gasteiger partial charge in [0, 0.05) is 38.1 Å². The molecule has 2 aromatic heterocycles. The quantitative estimate of drug-likeness (QED) is 0.855. The molecule has 0 unspecified atom stereocenters. The van der Waals surface area contributed by atoms with Gasteiger partial charge in [0.15, 0.2) is 17.0 Å². The molecular weight excluding hydrogens is 316 g/mol. The molecule has 1 amide bonds. The number of anilines is 1. The number of rotatable bonds is 3. The monoisotopic (exact) mass is 340 g/mol. The Morgan fingerprint density at radius 1 is 0.960 bits per heavy atom. The zero-order chi connectivity index (χ0) is 16.8. The van der Waals surface area contributed by atoms with Gasteiger partial charge < -0.3 is 14.4 Å². The zero-order valence-electron chi connectivity index (χ0n) is 14.5. The van der Waals surface area contributed by atoms with Gasteiger partial charge in [0.25, 0.3) is 0 Å². The highest BCUT2D eigenvalue weighted by Gasteiger charge is 2.32. The van der Waals surface area contributed by atoms with E-state index in [0.717, 1.165) is 68.8 Å². The molecule has 25 heavy (non-hydrogen) atoms. The van der Waals surface area contributed by atoms with Crippen LogP contribution in [0.4, 0.5) is 5.82 Å². The molecular formula is C18H24N6O. The van der Waals surface area contributed by atoms with Gasteiger partial charge in [0.1, 0.15) is 6.33 Å². The Morgan fingerprint density at radius 3 is 2.44 bits per heavy atom. The highest BCUT2D eigenvalue weighted by molar-refractivity contribution is 5.84. The Bertz CT molecular complexity index is 784. The van der Waals surface area contributed by atoms with E-state index in [1.54, 1.807) is 6.33 Å².